The van der Waals surface area contributed by atoms with Crippen LogP contribution in [0.25, 0.3) is 0 Å². The van der Waals surface area contributed by atoms with Gasteiger partial charge in [-0.1, -0.05) is 0 Å². The molecule has 1 N–H and O–H groups in total. The third kappa shape index (κ3) is 5.08. The summed E-state index contributed by atoms with van der Waals surface area (Å²) in [5.41, 5.74) is 2.06. The van der Waals surface area contributed by atoms with Crippen LogP contribution in [0.15, 0.2) is 18.3 Å². The van der Waals surface area contributed by atoms with Crippen molar-refractivity contribution in [2.45, 2.75) is 27.0 Å². The van der Waals surface area contributed by atoms with Crippen LogP contribution in [0.3, 0.4) is 0 Å². The lowest BCUT2D eigenvalue weighted by molar-refractivity contribution is 0.199. The molecule has 114 valence electrons. The van der Waals surface area contributed by atoms with Crippen LogP contribution in [0.1, 0.15) is 21.3 Å². The molecular formula is C15H21N3O2S. The molecule has 0 aromatic carbocycles. The van der Waals surface area contributed by atoms with Crippen LogP contribution in [0.4, 0.5) is 0 Å². The molecule has 21 heavy (non-hydrogen) atoms. The number of ether oxygens (including phenoxy) is 2. The molecule has 2 aromatic heterocycles. The van der Waals surface area contributed by atoms with E-state index in [0.29, 0.717) is 13.2 Å². The largest absolute Gasteiger partial charge is 0.485 e. The van der Waals surface area contributed by atoms with E-state index in [-0.39, 0.29) is 0 Å². The van der Waals surface area contributed by atoms with E-state index in [1.54, 1.807) is 24.6 Å². The van der Waals surface area contributed by atoms with Crippen molar-refractivity contribution in [3.05, 3.63) is 39.6 Å². The Labute approximate surface area is 129 Å². The van der Waals surface area contributed by atoms with E-state index in [9.17, 15) is 0 Å². The second kappa shape index (κ2) is 8.07. The van der Waals surface area contributed by atoms with Gasteiger partial charge in [0.1, 0.15) is 17.4 Å². The van der Waals surface area contributed by atoms with Crippen molar-refractivity contribution in [2.75, 3.05) is 20.3 Å². The highest BCUT2D eigenvalue weighted by Gasteiger charge is 2.04. The summed E-state index contributed by atoms with van der Waals surface area (Å²) in [5, 5.41) is 4.25. The Kier molecular flexibility index (Phi) is 6.10. The Balaban J connectivity index is 1.79. The lowest BCUT2D eigenvalue weighted by Crippen LogP contribution is -2.19. The van der Waals surface area contributed by atoms with Gasteiger partial charge in [0.05, 0.1) is 24.2 Å². The summed E-state index contributed by atoms with van der Waals surface area (Å²) in [6, 6.07) is 3.90. The van der Waals surface area contributed by atoms with Gasteiger partial charge < -0.3 is 14.8 Å². The average Bonchev–Trinajstić information content (AvgIpc) is 2.81. The van der Waals surface area contributed by atoms with Gasteiger partial charge in [-0.2, -0.15) is 0 Å². The molecule has 6 heteroatoms. The number of nitrogens with one attached hydrogen (secondary N) is 1. The highest BCUT2D eigenvalue weighted by Crippen LogP contribution is 2.18. The molecule has 0 atom stereocenters. The molecule has 2 heterocycles. The van der Waals surface area contributed by atoms with Crippen molar-refractivity contribution in [3.8, 4) is 5.75 Å². The highest BCUT2D eigenvalue weighted by atomic mass is 32.1. The first-order valence-electron chi connectivity index (χ1n) is 6.89. The minimum Gasteiger partial charge on any atom is -0.485 e. The Morgan fingerprint density at radius 3 is 2.76 bits per heavy atom. The predicted octanol–water partition coefficient (Wildman–Crippen LogP) is 2.47. The molecule has 5 nitrogen and oxygen atoms in total. The quantitative estimate of drug-likeness (QED) is 0.759. The average molecular weight is 307 g/mol. The Morgan fingerprint density at radius 1 is 1.29 bits per heavy atom. The number of hydrogen-bond acceptors (Lipinski definition) is 6. The van der Waals surface area contributed by atoms with Gasteiger partial charge in [0.15, 0.2) is 0 Å². The van der Waals surface area contributed by atoms with E-state index in [0.717, 1.165) is 35.2 Å². The molecule has 0 aliphatic heterocycles. The number of rotatable bonds is 8. The van der Waals surface area contributed by atoms with Crippen LogP contribution in [0.5, 0.6) is 5.75 Å². The van der Waals surface area contributed by atoms with Gasteiger partial charge in [0.2, 0.25) is 0 Å². The molecule has 0 bridgehead atoms. The minimum atomic E-state index is 0.493. The maximum atomic E-state index is 5.70. The van der Waals surface area contributed by atoms with Crippen molar-refractivity contribution in [3.63, 3.8) is 0 Å². The molecular weight excluding hydrogens is 286 g/mol. The first kappa shape index (κ1) is 15.9. The molecule has 0 amide bonds. The molecule has 0 unspecified atom stereocenters. The summed E-state index contributed by atoms with van der Waals surface area (Å²) in [4.78, 5) is 10.1. The maximum Gasteiger partial charge on any atom is 0.140 e. The predicted molar refractivity (Wildman–Crippen MR) is 83.7 cm³/mol. The molecule has 2 rings (SSSR count). The maximum absolute atomic E-state index is 5.70. The van der Waals surface area contributed by atoms with Crippen LogP contribution < -0.4 is 10.1 Å². The van der Waals surface area contributed by atoms with Crippen molar-refractivity contribution < 1.29 is 9.47 Å². The van der Waals surface area contributed by atoms with Gasteiger partial charge in [-0.25, -0.2) is 4.98 Å². The first-order chi connectivity index (χ1) is 10.2. The molecule has 0 aliphatic carbocycles. The monoisotopic (exact) mass is 307 g/mol. The zero-order valence-corrected chi connectivity index (χ0v) is 13.5. The van der Waals surface area contributed by atoms with Gasteiger partial charge in [-0.15, -0.1) is 11.3 Å². The summed E-state index contributed by atoms with van der Waals surface area (Å²) in [6.07, 6.45) is 1.75. The van der Waals surface area contributed by atoms with Crippen molar-refractivity contribution in [2.24, 2.45) is 0 Å². The van der Waals surface area contributed by atoms with E-state index >= 15 is 0 Å². The van der Waals surface area contributed by atoms with Crippen molar-refractivity contribution >= 4 is 11.3 Å². The fourth-order valence-electron chi connectivity index (χ4n) is 1.74. The number of methoxy groups -OCH3 is 1. The fourth-order valence-corrected chi connectivity index (χ4v) is 2.58. The zero-order valence-electron chi connectivity index (χ0n) is 12.7. The molecule has 0 saturated heterocycles. The summed E-state index contributed by atoms with van der Waals surface area (Å²) in [6.45, 7) is 6.83. The number of aromatic nitrogens is 2. The summed E-state index contributed by atoms with van der Waals surface area (Å²) in [7, 11) is 1.69. The van der Waals surface area contributed by atoms with Gasteiger partial charge in [-0.05, 0) is 26.0 Å². The first-order valence-corrected chi connectivity index (χ1v) is 7.71. The van der Waals surface area contributed by atoms with Gasteiger partial charge in [0.25, 0.3) is 0 Å². The van der Waals surface area contributed by atoms with E-state index in [1.807, 2.05) is 19.1 Å². The number of pyridine rings is 1. The van der Waals surface area contributed by atoms with Crippen molar-refractivity contribution in [1.82, 2.24) is 15.3 Å². The Morgan fingerprint density at radius 2 is 2.14 bits per heavy atom. The number of thiazole rings is 1. The topological polar surface area (TPSA) is 56.3 Å². The lowest BCUT2D eigenvalue weighted by atomic mass is 10.3. The lowest BCUT2D eigenvalue weighted by Gasteiger charge is -2.06. The van der Waals surface area contributed by atoms with Crippen molar-refractivity contribution in [1.29, 1.82) is 0 Å². The van der Waals surface area contributed by atoms with E-state index in [2.05, 4.69) is 22.2 Å². The van der Waals surface area contributed by atoms with Gasteiger partial charge in [0, 0.05) is 25.1 Å². The normalized spacial score (nSPS) is 10.8. The number of hydrogen-bond donors (Lipinski definition) is 1. The zero-order chi connectivity index (χ0) is 15.1. The minimum absolute atomic E-state index is 0.493. The van der Waals surface area contributed by atoms with Crippen LogP contribution in [0.2, 0.25) is 0 Å². The third-order valence-electron chi connectivity index (χ3n) is 3.02. The third-order valence-corrected chi connectivity index (χ3v) is 4.07. The number of aryl methyl sites for hydroxylation is 2. The second-order valence-corrected chi connectivity index (χ2v) is 5.98. The number of nitrogens with zero attached hydrogens (tertiary/aromatic N) is 2. The molecule has 2 aromatic rings. The van der Waals surface area contributed by atoms with Crippen LogP contribution in [-0.4, -0.2) is 30.2 Å². The van der Waals surface area contributed by atoms with Crippen LogP contribution in [0, 0.1) is 13.8 Å². The molecule has 0 saturated carbocycles. The Hall–Kier alpha value is -1.50. The summed E-state index contributed by atoms with van der Waals surface area (Å²) >= 11 is 1.67. The van der Waals surface area contributed by atoms with E-state index in [4.69, 9.17) is 9.47 Å². The van der Waals surface area contributed by atoms with Crippen LogP contribution >= 0.6 is 11.3 Å². The molecule has 0 radical (unpaired) electrons. The molecule has 0 fully saturated rings. The van der Waals surface area contributed by atoms with Crippen LogP contribution in [-0.2, 0) is 17.9 Å². The van der Waals surface area contributed by atoms with Gasteiger partial charge in [-0.3, -0.25) is 4.98 Å². The Bertz CT molecular complexity index is 535. The van der Waals surface area contributed by atoms with E-state index in [1.165, 1.54) is 4.88 Å². The second-order valence-electron chi connectivity index (χ2n) is 4.69. The smallest absolute Gasteiger partial charge is 0.140 e. The standard InChI is InChI=1S/C15H21N3O2S/c1-11-12(2)21-15(18-11)10-20-14-5-4-13(17-9-14)8-16-6-7-19-3/h4-5,9,16H,6-8,10H2,1-3H3. The molecule has 0 spiro atoms. The molecule has 0 aliphatic rings. The highest BCUT2D eigenvalue weighted by molar-refractivity contribution is 7.11. The summed E-state index contributed by atoms with van der Waals surface area (Å²) < 4.78 is 10.7. The SMILES string of the molecule is COCCNCc1ccc(OCc2nc(C)c(C)s2)cn1. The fraction of sp³-hybridized carbons (Fsp3) is 0.467. The summed E-state index contributed by atoms with van der Waals surface area (Å²) in [5.74, 6) is 0.765. The van der Waals surface area contributed by atoms with E-state index < -0.39 is 0 Å². The van der Waals surface area contributed by atoms with Gasteiger partial charge >= 0.3 is 0 Å².